The molecule has 0 unspecified atom stereocenters. The van der Waals surface area contributed by atoms with Crippen molar-refractivity contribution in [2.24, 2.45) is 0 Å². The first kappa shape index (κ1) is 31.2. The summed E-state index contributed by atoms with van der Waals surface area (Å²) in [5.74, 6) is -0.663. The van der Waals surface area contributed by atoms with Crippen LogP contribution in [0.25, 0.3) is 10.2 Å². The summed E-state index contributed by atoms with van der Waals surface area (Å²) in [6.45, 7) is 3.46. The number of carboxylic acid groups (broad SMARTS) is 1. The second kappa shape index (κ2) is 14.5. The number of ether oxygens (including phenoxy) is 1. The number of rotatable bonds is 15. The molecule has 3 N–H and O–H groups in total. The van der Waals surface area contributed by atoms with Gasteiger partial charge in [0.25, 0.3) is 0 Å². The fourth-order valence-corrected chi connectivity index (χ4v) is 6.39. The summed E-state index contributed by atoms with van der Waals surface area (Å²) in [4.78, 5) is 23.4. The molecule has 0 saturated heterocycles. The molecule has 3 heterocycles. The Kier molecular flexibility index (Phi) is 10.3. The minimum Gasteiger partial charge on any atom is -0.491 e. The normalized spacial score (nSPS) is 11.3. The van der Waals surface area contributed by atoms with Crippen LogP contribution < -0.4 is 15.4 Å². The molecule has 3 aromatic heterocycles. The fourth-order valence-electron chi connectivity index (χ4n) is 4.54. The summed E-state index contributed by atoms with van der Waals surface area (Å²) < 4.78 is 21.3. The van der Waals surface area contributed by atoms with Gasteiger partial charge >= 0.3 is 5.97 Å². The third-order valence-electron chi connectivity index (χ3n) is 6.75. The number of aromatic carboxylic acids is 1. The Bertz CT molecular complexity index is 1710. The van der Waals surface area contributed by atoms with Crippen molar-refractivity contribution in [1.29, 1.82) is 0 Å². The van der Waals surface area contributed by atoms with Crippen LogP contribution in [0.5, 0.6) is 5.75 Å². The van der Waals surface area contributed by atoms with Gasteiger partial charge < -0.3 is 25.4 Å². The van der Waals surface area contributed by atoms with E-state index in [2.05, 4.69) is 35.7 Å². The van der Waals surface area contributed by atoms with E-state index in [4.69, 9.17) is 4.74 Å². The van der Waals surface area contributed by atoms with Crippen LogP contribution in [-0.4, -0.2) is 63.4 Å². The summed E-state index contributed by atoms with van der Waals surface area (Å²) in [6, 6.07) is 14.9. The van der Waals surface area contributed by atoms with Crippen LogP contribution in [0.1, 0.15) is 45.0 Å². The van der Waals surface area contributed by atoms with Crippen molar-refractivity contribution in [2.75, 3.05) is 37.9 Å². The Hall–Kier alpha value is -4.20. The van der Waals surface area contributed by atoms with E-state index in [1.54, 1.807) is 17.4 Å². The number of thiazole rings is 2. The molecule has 5 rings (SSSR count). The minimum absolute atomic E-state index is 0.00315. The molecule has 0 radical (unpaired) electrons. The predicted octanol–water partition coefficient (Wildman–Crippen LogP) is 6.55. The number of nitrogens with one attached hydrogen (secondary N) is 2. The predicted molar refractivity (Wildman–Crippen MR) is 173 cm³/mol. The second-order valence-corrected chi connectivity index (χ2v) is 12.7. The number of para-hydroxylation sites is 1. The molecular weight excluding hydrogens is 602 g/mol. The smallest absolute Gasteiger partial charge is 0.355 e. The number of hydrogen-bond donors (Lipinski definition) is 3. The molecule has 0 aliphatic rings. The first-order chi connectivity index (χ1) is 21.2. The number of halogens is 1. The number of carbonyl (C=O) groups is 1. The summed E-state index contributed by atoms with van der Waals surface area (Å²) >= 11 is 2.82. The number of anilines is 3. The zero-order valence-corrected chi connectivity index (χ0v) is 26.4. The van der Waals surface area contributed by atoms with Gasteiger partial charge in [-0.25, -0.2) is 19.2 Å². The molecule has 0 saturated carbocycles. The first-order valence-electron chi connectivity index (χ1n) is 14.2. The van der Waals surface area contributed by atoms with Crippen LogP contribution in [0.15, 0.2) is 48.5 Å². The lowest BCUT2D eigenvalue weighted by atomic mass is 10.1. The van der Waals surface area contributed by atoms with Crippen LogP contribution >= 0.6 is 22.7 Å². The van der Waals surface area contributed by atoms with Gasteiger partial charge in [0, 0.05) is 4.88 Å². The molecule has 0 spiro atoms. The van der Waals surface area contributed by atoms with Gasteiger partial charge in [0.1, 0.15) is 0 Å². The Morgan fingerprint density at radius 1 is 1.02 bits per heavy atom. The average molecular weight is 636 g/mol. The molecular formula is C31H34FN7O3S2. The minimum atomic E-state index is -1.10. The molecule has 44 heavy (non-hydrogen) atoms. The van der Waals surface area contributed by atoms with Crippen LogP contribution in [0.2, 0.25) is 0 Å². The average Bonchev–Trinajstić information content (AvgIpc) is 3.60. The Labute approximate surface area is 263 Å². The van der Waals surface area contributed by atoms with E-state index in [1.165, 1.54) is 17.4 Å². The number of hydrogen-bond acceptors (Lipinski definition) is 11. The van der Waals surface area contributed by atoms with E-state index in [0.717, 1.165) is 45.9 Å². The second-order valence-electron chi connectivity index (χ2n) is 10.6. The van der Waals surface area contributed by atoms with E-state index in [-0.39, 0.29) is 23.9 Å². The van der Waals surface area contributed by atoms with Crippen LogP contribution in [0.3, 0.4) is 0 Å². The zero-order chi connectivity index (χ0) is 31.1. The van der Waals surface area contributed by atoms with E-state index in [0.29, 0.717) is 40.9 Å². The molecule has 13 heteroatoms. The molecule has 0 bridgehead atoms. The maximum Gasteiger partial charge on any atom is 0.355 e. The van der Waals surface area contributed by atoms with Crippen molar-refractivity contribution in [3.8, 4) is 5.75 Å². The lowest BCUT2D eigenvalue weighted by Gasteiger charge is -2.10. The molecule has 2 aromatic carbocycles. The summed E-state index contributed by atoms with van der Waals surface area (Å²) in [5.41, 5.74) is 3.45. The van der Waals surface area contributed by atoms with E-state index >= 15 is 0 Å². The summed E-state index contributed by atoms with van der Waals surface area (Å²) in [7, 11) is 4.03. The van der Waals surface area contributed by atoms with Gasteiger partial charge in [0.15, 0.2) is 33.3 Å². The highest BCUT2D eigenvalue weighted by molar-refractivity contribution is 7.22. The topological polar surface area (TPSA) is 125 Å². The number of aromatic nitrogens is 4. The van der Waals surface area contributed by atoms with E-state index in [9.17, 15) is 14.3 Å². The van der Waals surface area contributed by atoms with Crippen molar-refractivity contribution in [1.82, 2.24) is 25.1 Å². The van der Waals surface area contributed by atoms with Gasteiger partial charge in [0.05, 0.1) is 29.1 Å². The third kappa shape index (κ3) is 8.24. The number of benzene rings is 2. The largest absolute Gasteiger partial charge is 0.491 e. The molecule has 0 atom stereocenters. The highest BCUT2D eigenvalue weighted by Crippen LogP contribution is 2.29. The van der Waals surface area contributed by atoms with Gasteiger partial charge in [-0.2, -0.15) is 5.10 Å². The van der Waals surface area contributed by atoms with Crippen molar-refractivity contribution >= 4 is 54.9 Å². The van der Waals surface area contributed by atoms with E-state index < -0.39 is 5.97 Å². The maximum absolute atomic E-state index is 14.5. The lowest BCUT2D eigenvalue weighted by Crippen LogP contribution is -2.13. The zero-order valence-electron chi connectivity index (χ0n) is 24.8. The highest BCUT2D eigenvalue weighted by atomic mass is 32.1. The molecule has 10 nitrogen and oxygen atoms in total. The molecule has 0 fully saturated rings. The summed E-state index contributed by atoms with van der Waals surface area (Å²) in [5, 5.41) is 25.9. The van der Waals surface area contributed by atoms with Crippen LogP contribution in [0, 0.1) is 12.7 Å². The van der Waals surface area contributed by atoms with Crippen molar-refractivity contribution < 1.29 is 19.0 Å². The number of nitrogens with zero attached hydrogens (tertiary/aromatic N) is 5. The quantitative estimate of drug-likeness (QED) is 0.109. The number of aryl methyl sites for hydroxylation is 3. The molecule has 0 aliphatic carbocycles. The van der Waals surface area contributed by atoms with Crippen molar-refractivity contribution in [2.45, 2.75) is 39.2 Å². The van der Waals surface area contributed by atoms with Crippen LogP contribution in [0.4, 0.5) is 20.5 Å². The number of carboxylic acids is 1. The van der Waals surface area contributed by atoms with Gasteiger partial charge in [-0.3, -0.25) is 0 Å². The standard InChI is InChI=1S/C31H34FN7O3S2/c1-19-16-21(37-38-28(19)36-31-34-23-9-4-5-10-25(23)43-31)18-33-30-35-27(29(40)41)26(44-30)11-7-15-42-24-13-12-20(17-22(24)32)8-6-14-39(2)3/h4-5,9-10,12-13,16-17H,6-8,11,14-15,18H2,1-3H3,(H,33,35)(H,40,41)(H,34,36,38). The molecule has 230 valence electrons. The number of fused-ring (bicyclic) bond motifs is 1. The monoisotopic (exact) mass is 635 g/mol. The van der Waals surface area contributed by atoms with E-state index in [1.807, 2.05) is 57.4 Å². The Morgan fingerprint density at radius 2 is 1.86 bits per heavy atom. The van der Waals surface area contributed by atoms with Gasteiger partial charge in [0.2, 0.25) is 0 Å². The van der Waals surface area contributed by atoms with Crippen molar-refractivity contribution in [3.05, 3.63) is 81.7 Å². The Morgan fingerprint density at radius 3 is 2.61 bits per heavy atom. The Balaban J connectivity index is 1.12. The van der Waals surface area contributed by atoms with Gasteiger partial charge in [-0.05, 0) is 94.7 Å². The SMILES string of the molecule is Cc1cc(CNc2nc(C(=O)O)c(CCCOc3ccc(CCCN(C)C)cc3F)s2)nnc1Nc1nc2ccccc2s1. The lowest BCUT2D eigenvalue weighted by molar-refractivity contribution is 0.0690. The molecule has 5 aromatic rings. The van der Waals surface area contributed by atoms with Gasteiger partial charge in [-0.1, -0.05) is 29.5 Å². The molecule has 0 amide bonds. The molecule has 0 aliphatic heterocycles. The highest BCUT2D eigenvalue weighted by Gasteiger charge is 2.18. The van der Waals surface area contributed by atoms with Gasteiger partial charge in [-0.15, -0.1) is 16.4 Å². The first-order valence-corrected chi connectivity index (χ1v) is 15.9. The van der Waals surface area contributed by atoms with Crippen LogP contribution in [-0.2, 0) is 19.4 Å². The van der Waals surface area contributed by atoms with Crippen molar-refractivity contribution in [3.63, 3.8) is 0 Å². The fraction of sp³-hybridized carbons (Fsp3) is 0.323. The maximum atomic E-state index is 14.5. The third-order valence-corrected chi connectivity index (χ3v) is 8.77. The summed E-state index contributed by atoms with van der Waals surface area (Å²) in [6.07, 6.45) is 2.71.